The number of nitrogens with zero attached hydrogens (tertiary/aromatic N) is 4. The molecule has 1 saturated heterocycles. The first-order valence-electron chi connectivity index (χ1n) is 9.86. The van der Waals surface area contributed by atoms with Crippen molar-refractivity contribution in [2.75, 3.05) is 11.9 Å². The summed E-state index contributed by atoms with van der Waals surface area (Å²) in [6.07, 6.45) is 5.49. The molecule has 1 fully saturated rings. The van der Waals surface area contributed by atoms with Gasteiger partial charge in [0.05, 0.1) is 0 Å². The second-order valence-corrected chi connectivity index (χ2v) is 7.26. The van der Waals surface area contributed by atoms with E-state index in [2.05, 4.69) is 20.3 Å². The van der Waals surface area contributed by atoms with Crippen LogP contribution in [0.3, 0.4) is 0 Å². The third-order valence-electron chi connectivity index (χ3n) is 5.21. The molecule has 1 aliphatic rings. The van der Waals surface area contributed by atoms with Gasteiger partial charge in [0.1, 0.15) is 17.3 Å². The Balaban J connectivity index is 1.46. The molecule has 2 atom stereocenters. The molecule has 0 spiro atoms. The van der Waals surface area contributed by atoms with E-state index in [-0.39, 0.29) is 12.0 Å². The van der Waals surface area contributed by atoms with Crippen LogP contribution in [0.1, 0.15) is 31.4 Å². The van der Waals surface area contributed by atoms with E-state index < -0.39 is 6.09 Å². The molecule has 0 saturated carbocycles. The molecule has 154 valence electrons. The summed E-state index contributed by atoms with van der Waals surface area (Å²) >= 11 is 0. The molecule has 1 amide bonds. The van der Waals surface area contributed by atoms with Crippen molar-refractivity contribution in [1.29, 1.82) is 0 Å². The lowest BCUT2D eigenvalue weighted by molar-refractivity contribution is 0.106. The van der Waals surface area contributed by atoms with Gasteiger partial charge in [0.25, 0.3) is 0 Å². The SMILES string of the molecule is CC1CC(c2nccnc2Oc2ccc(Nc3ccccn3)cc2)CCN1C(=O)O. The summed E-state index contributed by atoms with van der Waals surface area (Å²) in [6, 6.07) is 13.2. The monoisotopic (exact) mass is 405 g/mol. The zero-order valence-corrected chi connectivity index (χ0v) is 16.6. The van der Waals surface area contributed by atoms with Crippen LogP contribution < -0.4 is 10.1 Å². The fourth-order valence-electron chi connectivity index (χ4n) is 3.70. The Morgan fingerprint density at radius 2 is 1.90 bits per heavy atom. The van der Waals surface area contributed by atoms with Crippen molar-refractivity contribution >= 4 is 17.6 Å². The summed E-state index contributed by atoms with van der Waals surface area (Å²) in [7, 11) is 0. The number of piperidine rings is 1. The third-order valence-corrected chi connectivity index (χ3v) is 5.21. The zero-order chi connectivity index (χ0) is 20.9. The molecule has 2 unspecified atom stereocenters. The number of likely N-dealkylation sites (tertiary alicyclic amines) is 1. The van der Waals surface area contributed by atoms with Gasteiger partial charge < -0.3 is 20.1 Å². The number of benzene rings is 1. The van der Waals surface area contributed by atoms with Crippen molar-refractivity contribution in [3.8, 4) is 11.6 Å². The highest BCUT2D eigenvalue weighted by Crippen LogP contribution is 2.36. The zero-order valence-electron chi connectivity index (χ0n) is 16.6. The first-order chi connectivity index (χ1) is 14.6. The number of pyridine rings is 1. The lowest BCUT2D eigenvalue weighted by atomic mass is 9.89. The maximum atomic E-state index is 11.3. The highest BCUT2D eigenvalue weighted by molar-refractivity contribution is 5.65. The van der Waals surface area contributed by atoms with Gasteiger partial charge in [-0.25, -0.2) is 14.8 Å². The number of amides is 1. The van der Waals surface area contributed by atoms with Crippen LogP contribution in [0.4, 0.5) is 16.3 Å². The van der Waals surface area contributed by atoms with E-state index in [9.17, 15) is 9.90 Å². The molecule has 8 heteroatoms. The maximum absolute atomic E-state index is 11.3. The highest BCUT2D eigenvalue weighted by Gasteiger charge is 2.32. The van der Waals surface area contributed by atoms with Gasteiger partial charge in [0, 0.05) is 42.8 Å². The Labute approximate surface area is 174 Å². The maximum Gasteiger partial charge on any atom is 0.407 e. The average Bonchev–Trinajstić information content (AvgIpc) is 2.76. The van der Waals surface area contributed by atoms with Crippen LogP contribution in [0.5, 0.6) is 11.6 Å². The smallest absolute Gasteiger partial charge is 0.407 e. The second kappa shape index (κ2) is 8.77. The molecule has 2 N–H and O–H groups in total. The van der Waals surface area contributed by atoms with E-state index in [1.54, 1.807) is 18.6 Å². The van der Waals surface area contributed by atoms with Gasteiger partial charge in [-0.15, -0.1) is 0 Å². The van der Waals surface area contributed by atoms with Crippen molar-refractivity contribution in [2.45, 2.75) is 31.7 Å². The summed E-state index contributed by atoms with van der Waals surface area (Å²) in [5, 5.41) is 12.5. The van der Waals surface area contributed by atoms with E-state index in [0.29, 0.717) is 31.0 Å². The van der Waals surface area contributed by atoms with Crippen LogP contribution in [-0.4, -0.2) is 43.6 Å². The number of nitrogens with one attached hydrogen (secondary N) is 1. The summed E-state index contributed by atoms with van der Waals surface area (Å²) in [6.45, 7) is 2.40. The molecule has 8 nitrogen and oxygen atoms in total. The predicted octanol–water partition coefficient (Wildman–Crippen LogP) is 4.65. The molecule has 0 aliphatic carbocycles. The Morgan fingerprint density at radius 3 is 2.60 bits per heavy atom. The molecule has 4 rings (SSSR count). The lowest BCUT2D eigenvalue weighted by Crippen LogP contribution is -2.43. The van der Waals surface area contributed by atoms with Crippen LogP contribution >= 0.6 is 0 Å². The van der Waals surface area contributed by atoms with Gasteiger partial charge in [-0.05, 0) is 56.2 Å². The number of anilines is 2. The van der Waals surface area contributed by atoms with E-state index in [4.69, 9.17) is 4.74 Å². The first-order valence-corrected chi connectivity index (χ1v) is 9.86. The topological polar surface area (TPSA) is 100 Å². The fraction of sp³-hybridized carbons (Fsp3) is 0.273. The van der Waals surface area contributed by atoms with Crippen LogP contribution in [-0.2, 0) is 0 Å². The van der Waals surface area contributed by atoms with Crippen molar-refractivity contribution in [2.24, 2.45) is 0 Å². The van der Waals surface area contributed by atoms with Crippen LogP contribution in [0.2, 0.25) is 0 Å². The first kappa shape index (κ1) is 19.6. The van der Waals surface area contributed by atoms with Crippen molar-refractivity contribution < 1.29 is 14.6 Å². The minimum atomic E-state index is -0.879. The average molecular weight is 405 g/mol. The van der Waals surface area contributed by atoms with Gasteiger partial charge in [-0.3, -0.25) is 4.98 Å². The quantitative estimate of drug-likeness (QED) is 0.637. The van der Waals surface area contributed by atoms with E-state index in [0.717, 1.165) is 17.2 Å². The number of rotatable bonds is 5. The largest absolute Gasteiger partial charge is 0.465 e. The van der Waals surface area contributed by atoms with E-state index >= 15 is 0 Å². The normalized spacial score (nSPS) is 18.6. The highest BCUT2D eigenvalue weighted by atomic mass is 16.5. The van der Waals surface area contributed by atoms with Gasteiger partial charge in [0.2, 0.25) is 5.88 Å². The molecule has 0 bridgehead atoms. The summed E-state index contributed by atoms with van der Waals surface area (Å²) in [4.78, 5) is 25.9. The Kier molecular flexibility index (Phi) is 5.74. The number of carboxylic acid groups (broad SMARTS) is 1. The standard InChI is InChI=1S/C22H23N5O3/c1-15-14-16(9-13-27(15)22(28)29)20-21(25-12-11-24-20)30-18-7-5-17(6-8-18)26-19-4-2-3-10-23-19/h2-8,10-12,15-16H,9,13-14H2,1H3,(H,23,26)(H,28,29). The van der Waals surface area contributed by atoms with Crippen LogP contribution in [0.25, 0.3) is 0 Å². The molecule has 3 aromatic rings. The Morgan fingerprint density at radius 1 is 1.10 bits per heavy atom. The van der Waals surface area contributed by atoms with Crippen molar-refractivity contribution in [1.82, 2.24) is 19.9 Å². The molecule has 2 aromatic heterocycles. The Bertz CT molecular complexity index is 997. The Hall–Kier alpha value is -3.68. The van der Waals surface area contributed by atoms with E-state index in [1.165, 1.54) is 4.90 Å². The molecule has 0 radical (unpaired) electrons. The summed E-state index contributed by atoms with van der Waals surface area (Å²) in [5.74, 6) is 1.98. The summed E-state index contributed by atoms with van der Waals surface area (Å²) < 4.78 is 6.03. The second-order valence-electron chi connectivity index (χ2n) is 7.26. The molecule has 30 heavy (non-hydrogen) atoms. The minimum absolute atomic E-state index is 0.0759. The molecular formula is C22H23N5O3. The molecular weight excluding hydrogens is 382 g/mol. The van der Waals surface area contributed by atoms with E-state index in [1.807, 2.05) is 49.4 Å². The van der Waals surface area contributed by atoms with Crippen LogP contribution in [0, 0.1) is 0 Å². The van der Waals surface area contributed by atoms with Gasteiger partial charge in [0.15, 0.2) is 0 Å². The van der Waals surface area contributed by atoms with Crippen LogP contribution in [0.15, 0.2) is 61.1 Å². The molecule has 1 aliphatic heterocycles. The fourth-order valence-corrected chi connectivity index (χ4v) is 3.70. The van der Waals surface area contributed by atoms with Crippen molar-refractivity contribution in [3.05, 3.63) is 66.7 Å². The van der Waals surface area contributed by atoms with Crippen molar-refractivity contribution in [3.63, 3.8) is 0 Å². The number of aromatic nitrogens is 3. The van der Waals surface area contributed by atoms with Gasteiger partial charge in [-0.2, -0.15) is 0 Å². The molecule has 3 heterocycles. The number of ether oxygens (including phenoxy) is 1. The van der Waals surface area contributed by atoms with Gasteiger partial charge >= 0.3 is 6.09 Å². The minimum Gasteiger partial charge on any atom is -0.465 e. The number of hydrogen-bond acceptors (Lipinski definition) is 6. The third kappa shape index (κ3) is 4.48. The number of carbonyl (C=O) groups is 1. The van der Waals surface area contributed by atoms with Gasteiger partial charge in [-0.1, -0.05) is 6.07 Å². The predicted molar refractivity (Wildman–Crippen MR) is 112 cm³/mol. The summed E-state index contributed by atoms with van der Waals surface area (Å²) in [5.41, 5.74) is 1.67. The number of hydrogen-bond donors (Lipinski definition) is 2. The lowest BCUT2D eigenvalue weighted by Gasteiger charge is -2.35. The molecule has 1 aromatic carbocycles.